The third-order valence-corrected chi connectivity index (χ3v) is 10.4. The van der Waals surface area contributed by atoms with Crippen LogP contribution in [0.4, 0.5) is 0 Å². The van der Waals surface area contributed by atoms with Crippen molar-refractivity contribution in [2.24, 2.45) is 11.8 Å². The van der Waals surface area contributed by atoms with Crippen LogP contribution in [0.1, 0.15) is 57.6 Å². The smallest absolute Gasteiger partial charge is 0.248 e. The highest BCUT2D eigenvalue weighted by Crippen LogP contribution is 2.64. The first kappa shape index (κ1) is 33.6. The highest BCUT2D eigenvalue weighted by atomic mass is 16.5. The van der Waals surface area contributed by atoms with E-state index >= 15 is 0 Å². The number of amides is 3. The number of hydrogen-bond donors (Lipinski definition) is 1. The summed E-state index contributed by atoms with van der Waals surface area (Å²) in [6, 6.07) is 17.7. The Morgan fingerprint density at radius 1 is 1.02 bits per heavy atom. The second-order valence-corrected chi connectivity index (χ2v) is 13.4. The lowest BCUT2D eigenvalue weighted by molar-refractivity contribution is -0.157. The molecule has 7 atom stereocenters. The Morgan fingerprint density at radius 3 is 2.24 bits per heavy atom. The second kappa shape index (κ2) is 13.9. The van der Waals surface area contributed by atoms with Crippen LogP contribution < -0.4 is 0 Å². The number of carbonyl (C=O) groups excluding carboxylic acids is 3. The summed E-state index contributed by atoms with van der Waals surface area (Å²) >= 11 is 0. The van der Waals surface area contributed by atoms with E-state index in [9.17, 15) is 19.5 Å². The minimum Gasteiger partial charge on any atom is -0.394 e. The van der Waals surface area contributed by atoms with E-state index in [1.54, 1.807) is 26.9 Å². The molecule has 5 rings (SSSR count). The molecule has 0 radical (unpaired) electrons. The van der Waals surface area contributed by atoms with Crippen molar-refractivity contribution in [1.29, 1.82) is 0 Å². The molecule has 3 heterocycles. The lowest BCUT2D eigenvalue weighted by atomic mass is 9.66. The first-order valence-corrected chi connectivity index (χ1v) is 16.7. The Balaban J connectivity index is 1.59. The van der Waals surface area contributed by atoms with Crippen LogP contribution in [0, 0.1) is 11.8 Å². The largest absolute Gasteiger partial charge is 0.394 e. The van der Waals surface area contributed by atoms with Crippen LogP contribution in [0.5, 0.6) is 0 Å². The Hall–Kier alpha value is -3.75. The van der Waals surface area contributed by atoms with E-state index < -0.39 is 35.1 Å². The van der Waals surface area contributed by atoms with E-state index in [1.807, 2.05) is 74.5 Å². The highest BCUT2D eigenvalue weighted by molar-refractivity contribution is 5.99. The standard InChI is InChI=1S/C38H49N3O5/c1-6-15-27(4)40(23-8-3)36(45)33-38-21-20-37(5,46-38)31(34(43)39(22-7-2)25-29-18-13-10-14-19-29)32(38)35(44)41(33)30(26-42)24-28-16-11-9-12-17-28/h7-14,16-19,27,30-33,42H,2-3,6,15,20-26H2,1,4-5H3/t27?,30-,31-,32+,33?,37+,38?/m1/s1. The van der Waals surface area contributed by atoms with Gasteiger partial charge in [-0.15, -0.1) is 13.2 Å². The van der Waals surface area contributed by atoms with Crippen LogP contribution in [-0.2, 0) is 32.1 Å². The topological polar surface area (TPSA) is 90.4 Å². The second-order valence-electron chi connectivity index (χ2n) is 13.4. The minimum atomic E-state index is -1.19. The maximum absolute atomic E-state index is 14.9. The van der Waals surface area contributed by atoms with E-state index in [1.165, 1.54) is 0 Å². The summed E-state index contributed by atoms with van der Waals surface area (Å²) in [7, 11) is 0. The van der Waals surface area contributed by atoms with Crippen LogP contribution >= 0.6 is 0 Å². The SMILES string of the molecule is C=CCN(Cc1ccccc1)C(=O)[C@H]1[C@H]2C(=O)N([C@@H](CO)Cc3ccccc3)C(C(=O)N(CC=C)C(C)CCC)C23CC[C@]1(C)O3. The number of nitrogens with zero attached hydrogens (tertiary/aromatic N) is 3. The van der Waals surface area contributed by atoms with Crippen molar-refractivity contribution in [2.45, 2.75) is 88.7 Å². The zero-order chi connectivity index (χ0) is 33.1. The predicted molar refractivity (Wildman–Crippen MR) is 178 cm³/mol. The third-order valence-electron chi connectivity index (χ3n) is 10.4. The van der Waals surface area contributed by atoms with Gasteiger partial charge >= 0.3 is 0 Å². The minimum absolute atomic E-state index is 0.0924. The van der Waals surface area contributed by atoms with Gasteiger partial charge in [-0.2, -0.15) is 0 Å². The van der Waals surface area contributed by atoms with Gasteiger partial charge in [-0.25, -0.2) is 0 Å². The van der Waals surface area contributed by atoms with E-state index in [0.717, 1.165) is 24.0 Å². The molecule has 1 spiro atoms. The Labute approximate surface area is 273 Å². The van der Waals surface area contributed by atoms with Crippen LogP contribution in [0.3, 0.4) is 0 Å². The number of aliphatic hydroxyl groups is 1. The number of aliphatic hydroxyl groups excluding tert-OH is 1. The summed E-state index contributed by atoms with van der Waals surface area (Å²) in [5.74, 6) is -2.32. The van der Waals surface area contributed by atoms with Gasteiger partial charge in [0.1, 0.15) is 11.6 Å². The lowest BCUT2D eigenvalue weighted by Crippen LogP contribution is -2.60. The molecule has 8 nitrogen and oxygen atoms in total. The molecule has 3 fully saturated rings. The summed E-state index contributed by atoms with van der Waals surface area (Å²) in [4.78, 5) is 49.5. The van der Waals surface area contributed by atoms with Gasteiger partial charge in [0, 0.05) is 25.7 Å². The molecule has 3 unspecified atom stereocenters. The summed E-state index contributed by atoms with van der Waals surface area (Å²) < 4.78 is 6.94. The van der Waals surface area contributed by atoms with E-state index in [2.05, 4.69) is 20.1 Å². The van der Waals surface area contributed by atoms with Crippen molar-refractivity contribution in [3.05, 3.63) is 97.1 Å². The molecule has 3 saturated heterocycles. The first-order chi connectivity index (χ1) is 22.2. The molecule has 8 heteroatoms. The molecule has 0 aliphatic carbocycles. The molecular weight excluding hydrogens is 578 g/mol. The molecule has 2 aromatic carbocycles. The summed E-state index contributed by atoms with van der Waals surface area (Å²) in [6.07, 6.45) is 6.49. The summed E-state index contributed by atoms with van der Waals surface area (Å²) in [5, 5.41) is 10.8. The molecule has 1 N–H and O–H groups in total. The van der Waals surface area contributed by atoms with Crippen LogP contribution in [0.15, 0.2) is 86.0 Å². The molecule has 2 bridgehead atoms. The fourth-order valence-electron chi connectivity index (χ4n) is 8.30. The zero-order valence-corrected chi connectivity index (χ0v) is 27.5. The zero-order valence-electron chi connectivity index (χ0n) is 27.5. The molecule has 46 heavy (non-hydrogen) atoms. The van der Waals surface area contributed by atoms with Crippen molar-refractivity contribution in [2.75, 3.05) is 19.7 Å². The molecule has 0 aromatic heterocycles. The molecule has 3 aliphatic rings. The average Bonchev–Trinajstić information content (AvgIpc) is 3.63. The van der Waals surface area contributed by atoms with Crippen LogP contribution in [0.2, 0.25) is 0 Å². The van der Waals surface area contributed by atoms with Crippen molar-refractivity contribution in [3.8, 4) is 0 Å². The quantitative estimate of drug-likeness (QED) is 0.288. The van der Waals surface area contributed by atoms with Gasteiger partial charge in [-0.1, -0.05) is 86.2 Å². The fraction of sp³-hybridized carbons (Fsp3) is 0.500. The normalized spacial score (nSPS) is 27.6. The molecule has 3 amide bonds. The average molecular weight is 628 g/mol. The van der Waals surface area contributed by atoms with Gasteiger partial charge in [0.25, 0.3) is 0 Å². The lowest BCUT2D eigenvalue weighted by Gasteiger charge is -2.41. The number of hydrogen-bond acceptors (Lipinski definition) is 5. The van der Waals surface area contributed by atoms with Crippen LogP contribution in [-0.4, -0.2) is 86.6 Å². The molecule has 2 aromatic rings. The van der Waals surface area contributed by atoms with Crippen molar-refractivity contribution < 1.29 is 24.2 Å². The van der Waals surface area contributed by atoms with Gasteiger partial charge in [0.15, 0.2) is 0 Å². The van der Waals surface area contributed by atoms with Crippen molar-refractivity contribution >= 4 is 17.7 Å². The van der Waals surface area contributed by atoms with Crippen molar-refractivity contribution in [3.63, 3.8) is 0 Å². The molecular formula is C38H49N3O5. The van der Waals surface area contributed by atoms with Gasteiger partial charge in [0.05, 0.1) is 30.1 Å². The number of fused-ring (bicyclic) bond motifs is 1. The number of ether oxygens (including phenoxy) is 1. The number of carbonyl (C=O) groups is 3. The third kappa shape index (κ3) is 5.93. The summed E-state index contributed by atoms with van der Waals surface area (Å²) in [5.41, 5.74) is -0.180. The molecule has 246 valence electrons. The first-order valence-electron chi connectivity index (χ1n) is 16.7. The Kier molecular flexibility index (Phi) is 10.2. The van der Waals surface area contributed by atoms with Crippen molar-refractivity contribution in [1.82, 2.24) is 14.7 Å². The van der Waals surface area contributed by atoms with Crippen LogP contribution in [0.25, 0.3) is 0 Å². The van der Waals surface area contributed by atoms with E-state index in [0.29, 0.717) is 38.9 Å². The van der Waals surface area contributed by atoms with Gasteiger partial charge in [0.2, 0.25) is 17.7 Å². The van der Waals surface area contributed by atoms with E-state index in [4.69, 9.17) is 4.74 Å². The molecule has 3 aliphatic heterocycles. The number of benzene rings is 2. The molecule has 0 saturated carbocycles. The van der Waals surface area contributed by atoms with E-state index in [-0.39, 0.29) is 30.4 Å². The Bertz CT molecular complexity index is 1420. The summed E-state index contributed by atoms with van der Waals surface area (Å²) in [6.45, 7) is 14.5. The Morgan fingerprint density at radius 2 is 1.65 bits per heavy atom. The fourth-order valence-corrected chi connectivity index (χ4v) is 8.30. The van der Waals surface area contributed by atoms with Gasteiger partial charge in [-0.3, -0.25) is 14.4 Å². The highest BCUT2D eigenvalue weighted by Gasteiger charge is 2.79. The maximum atomic E-state index is 14.9. The number of rotatable bonds is 15. The van der Waals surface area contributed by atoms with Gasteiger partial charge in [-0.05, 0) is 50.7 Å². The maximum Gasteiger partial charge on any atom is 0.248 e. The number of likely N-dealkylation sites (tertiary alicyclic amines) is 1. The monoisotopic (exact) mass is 627 g/mol. The predicted octanol–water partition coefficient (Wildman–Crippen LogP) is 4.77. The van der Waals surface area contributed by atoms with Gasteiger partial charge < -0.3 is 24.5 Å².